The summed E-state index contributed by atoms with van der Waals surface area (Å²) in [6.07, 6.45) is -0.434. The van der Waals surface area contributed by atoms with Crippen molar-refractivity contribution in [2.45, 2.75) is 37.5 Å². The highest BCUT2D eigenvalue weighted by atomic mass is 19.4. The number of ether oxygens (including phenoxy) is 1. The number of carbonyl (C=O) groups excluding carboxylic acids is 1. The molecule has 11 nitrogen and oxygen atoms in total. The zero-order chi connectivity index (χ0) is 25.7. The molecule has 2 saturated heterocycles. The Hall–Kier alpha value is -3.26. The van der Waals surface area contributed by atoms with Crippen LogP contribution in [0.15, 0.2) is 12.4 Å². The van der Waals surface area contributed by atoms with E-state index in [2.05, 4.69) is 14.9 Å². The average molecular weight is 508 g/mol. The number of nitrogen functional groups attached to an aromatic ring is 1. The Kier molecular flexibility index (Phi) is 6.11. The van der Waals surface area contributed by atoms with Crippen molar-refractivity contribution in [3.63, 3.8) is 0 Å². The molecule has 4 N–H and O–H groups in total. The average Bonchev–Trinajstić information content (AvgIpc) is 3.48. The lowest BCUT2D eigenvalue weighted by molar-refractivity contribution is -0.169. The van der Waals surface area contributed by atoms with Crippen molar-refractivity contribution in [1.29, 1.82) is 0 Å². The van der Waals surface area contributed by atoms with E-state index in [4.69, 9.17) is 26.2 Å². The van der Waals surface area contributed by atoms with Crippen LogP contribution in [0, 0.1) is 0 Å². The van der Waals surface area contributed by atoms with Gasteiger partial charge >= 0.3 is 6.18 Å². The molecule has 0 saturated carbocycles. The minimum Gasteiger partial charge on any atom is -0.378 e. The van der Waals surface area contributed by atoms with Gasteiger partial charge in [0, 0.05) is 56.2 Å². The Labute approximate surface area is 205 Å². The van der Waals surface area contributed by atoms with Crippen LogP contribution < -0.4 is 21.3 Å². The highest BCUT2D eigenvalue weighted by molar-refractivity contribution is 5.83. The monoisotopic (exact) mass is 507 g/mol. The fourth-order valence-electron chi connectivity index (χ4n) is 5.06. The maximum Gasteiger partial charge on any atom is 0.412 e. The van der Waals surface area contributed by atoms with Crippen molar-refractivity contribution >= 4 is 23.6 Å². The molecule has 2 aromatic rings. The van der Waals surface area contributed by atoms with Crippen molar-refractivity contribution in [3.8, 4) is 11.3 Å². The van der Waals surface area contributed by atoms with Gasteiger partial charge in [-0.3, -0.25) is 4.79 Å². The summed E-state index contributed by atoms with van der Waals surface area (Å²) in [4.78, 5) is 35.8. The number of hydrogen-bond acceptors (Lipinski definition) is 10. The number of alkyl halides is 3. The van der Waals surface area contributed by atoms with Crippen LogP contribution in [0.25, 0.3) is 11.3 Å². The number of aromatic nitrogens is 4. The predicted octanol–water partition coefficient (Wildman–Crippen LogP) is 0.596. The summed E-state index contributed by atoms with van der Waals surface area (Å²) < 4.78 is 44.7. The molecule has 194 valence electrons. The topological polar surface area (TPSA) is 140 Å². The predicted molar refractivity (Wildman–Crippen MR) is 125 cm³/mol. The third-order valence-corrected chi connectivity index (χ3v) is 7.09. The van der Waals surface area contributed by atoms with Crippen molar-refractivity contribution < 1.29 is 22.7 Å². The van der Waals surface area contributed by atoms with E-state index in [-0.39, 0.29) is 19.0 Å². The van der Waals surface area contributed by atoms with Crippen LogP contribution in [0.2, 0.25) is 0 Å². The Bertz CT molecular complexity index is 1140. The minimum atomic E-state index is -4.79. The van der Waals surface area contributed by atoms with Gasteiger partial charge in [-0.15, -0.1) is 0 Å². The standard InChI is InChI=1S/C22H28F3N9O2/c1-21(3-5-33(12-21)18(35)16(26)22(23,24)25)34-4-2-14-15(13-10-28-19(27)29-11-13)30-20(31-17(14)34)32-6-8-36-9-7-32/h10-11,16H,2-9,12,26H2,1H3,(H2,27,28,29)/t16-,21+/m1/s1. The number of nitrogens with zero attached hydrogens (tertiary/aromatic N) is 7. The second-order valence-corrected chi connectivity index (χ2v) is 9.53. The van der Waals surface area contributed by atoms with Crippen molar-refractivity contribution in [2.75, 3.05) is 61.5 Å². The van der Waals surface area contributed by atoms with Crippen molar-refractivity contribution in [1.82, 2.24) is 24.8 Å². The van der Waals surface area contributed by atoms with Crippen LogP contribution in [0.4, 0.5) is 30.9 Å². The molecular formula is C22H28F3N9O2. The highest BCUT2D eigenvalue weighted by Crippen LogP contribution is 2.41. The quantitative estimate of drug-likeness (QED) is 0.605. The maximum absolute atomic E-state index is 13.1. The number of nitrogens with two attached hydrogens (primary N) is 2. The first-order valence-corrected chi connectivity index (χ1v) is 11.8. The third-order valence-electron chi connectivity index (χ3n) is 7.09. The maximum atomic E-state index is 13.1. The summed E-state index contributed by atoms with van der Waals surface area (Å²) in [6.45, 7) is 5.20. The van der Waals surface area contributed by atoms with Crippen LogP contribution >= 0.6 is 0 Å². The van der Waals surface area contributed by atoms with Crippen LogP contribution in [0.3, 0.4) is 0 Å². The van der Waals surface area contributed by atoms with Crippen LogP contribution in [0.1, 0.15) is 18.9 Å². The lowest BCUT2D eigenvalue weighted by Crippen LogP contribution is -2.54. The highest BCUT2D eigenvalue weighted by Gasteiger charge is 2.49. The molecule has 5 rings (SSSR count). The van der Waals surface area contributed by atoms with E-state index >= 15 is 0 Å². The van der Waals surface area contributed by atoms with Crippen molar-refractivity contribution in [2.24, 2.45) is 5.73 Å². The van der Waals surface area contributed by atoms with Gasteiger partial charge in [0.05, 0.1) is 24.4 Å². The molecule has 36 heavy (non-hydrogen) atoms. The van der Waals surface area contributed by atoms with Gasteiger partial charge in [0.15, 0.2) is 6.04 Å². The summed E-state index contributed by atoms with van der Waals surface area (Å²) >= 11 is 0. The van der Waals surface area contributed by atoms with Gasteiger partial charge in [-0.2, -0.15) is 18.2 Å². The molecule has 0 aliphatic carbocycles. The lowest BCUT2D eigenvalue weighted by Gasteiger charge is -2.37. The molecule has 14 heteroatoms. The summed E-state index contributed by atoms with van der Waals surface area (Å²) in [7, 11) is 0. The SMILES string of the molecule is C[C@]1(N2CCc3c(-c4cnc(N)nc4)nc(N4CCOCC4)nc32)CCN(C(=O)[C@@H](N)C(F)(F)F)C1. The zero-order valence-electron chi connectivity index (χ0n) is 19.8. The molecule has 0 spiro atoms. The molecule has 0 radical (unpaired) electrons. The van der Waals surface area contributed by atoms with Gasteiger partial charge in [-0.05, 0) is 19.8 Å². The Morgan fingerprint density at radius 1 is 1.14 bits per heavy atom. The van der Waals surface area contributed by atoms with Crippen molar-refractivity contribution in [3.05, 3.63) is 18.0 Å². The van der Waals surface area contributed by atoms with E-state index in [0.717, 1.165) is 5.56 Å². The van der Waals surface area contributed by atoms with Gasteiger partial charge in [0.2, 0.25) is 17.8 Å². The number of carbonyl (C=O) groups is 1. The zero-order valence-corrected chi connectivity index (χ0v) is 19.8. The van der Waals surface area contributed by atoms with E-state index in [1.807, 2.05) is 11.8 Å². The Morgan fingerprint density at radius 2 is 1.83 bits per heavy atom. The summed E-state index contributed by atoms with van der Waals surface area (Å²) in [5, 5.41) is 0. The van der Waals surface area contributed by atoms with Gasteiger partial charge < -0.3 is 30.9 Å². The molecule has 2 aromatic heterocycles. The molecule has 2 fully saturated rings. The van der Waals surface area contributed by atoms with E-state index in [1.54, 1.807) is 12.4 Å². The fourth-order valence-corrected chi connectivity index (χ4v) is 5.06. The number of halogens is 3. The largest absolute Gasteiger partial charge is 0.412 e. The Balaban J connectivity index is 1.49. The van der Waals surface area contributed by atoms with E-state index < -0.39 is 23.7 Å². The molecule has 0 unspecified atom stereocenters. The van der Waals surface area contributed by atoms with Crippen LogP contribution in [-0.2, 0) is 16.0 Å². The molecule has 5 heterocycles. The summed E-state index contributed by atoms with van der Waals surface area (Å²) in [5.41, 5.74) is 12.6. The summed E-state index contributed by atoms with van der Waals surface area (Å²) in [6, 6.07) is -2.53. The second-order valence-electron chi connectivity index (χ2n) is 9.53. The molecule has 0 aromatic carbocycles. The number of amides is 1. The number of rotatable bonds is 4. The summed E-state index contributed by atoms with van der Waals surface area (Å²) in [5.74, 6) is 0.279. The first kappa shape index (κ1) is 24.4. The molecule has 3 aliphatic heterocycles. The van der Waals surface area contributed by atoms with Crippen LogP contribution in [-0.4, -0.2) is 94.4 Å². The molecule has 3 aliphatic rings. The fraction of sp³-hybridized carbons (Fsp3) is 0.591. The van der Waals surface area contributed by atoms with E-state index in [1.165, 1.54) is 4.90 Å². The van der Waals surface area contributed by atoms with Gasteiger partial charge in [0.1, 0.15) is 5.82 Å². The van der Waals surface area contributed by atoms with E-state index in [9.17, 15) is 18.0 Å². The van der Waals surface area contributed by atoms with Gasteiger partial charge in [0.25, 0.3) is 0 Å². The number of morpholine rings is 1. The number of anilines is 3. The smallest absolute Gasteiger partial charge is 0.378 e. The lowest BCUT2D eigenvalue weighted by atomic mass is 9.99. The normalized spacial score (nSPS) is 23.2. The van der Waals surface area contributed by atoms with Gasteiger partial charge in [-0.25, -0.2) is 15.0 Å². The third kappa shape index (κ3) is 4.39. The first-order chi connectivity index (χ1) is 17.1. The molecule has 1 amide bonds. The Morgan fingerprint density at radius 3 is 2.50 bits per heavy atom. The molecule has 2 atom stereocenters. The molecular weight excluding hydrogens is 479 g/mol. The minimum absolute atomic E-state index is 0.117. The van der Waals surface area contributed by atoms with Gasteiger partial charge in [-0.1, -0.05) is 0 Å². The first-order valence-electron chi connectivity index (χ1n) is 11.8. The number of likely N-dealkylation sites (tertiary alicyclic amines) is 1. The number of hydrogen-bond donors (Lipinski definition) is 2. The number of fused-ring (bicyclic) bond motifs is 1. The molecule has 0 bridgehead atoms. The van der Waals surface area contributed by atoms with E-state index in [0.29, 0.717) is 68.7 Å². The van der Waals surface area contributed by atoms with Crippen LogP contribution in [0.5, 0.6) is 0 Å². The second kappa shape index (κ2) is 9.00.